The van der Waals surface area contributed by atoms with Crippen molar-refractivity contribution in [1.82, 2.24) is 15.0 Å². The van der Waals surface area contributed by atoms with E-state index in [2.05, 4.69) is 42.1 Å². The van der Waals surface area contributed by atoms with Crippen LogP contribution in [0.1, 0.15) is 48.9 Å². The number of nitrogen functional groups attached to an aromatic ring is 1. The zero-order valence-electron chi connectivity index (χ0n) is 16.0. The Kier molecular flexibility index (Phi) is 4.13. The summed E-state index contributed by atoms with van der Waals surface area (Å²) in [6.07, 6.45) is 4.74. The van der Waals surface area contributed by atoms with E-state index in [4.69, 9.17) is 10.7 Å². The zero-order valence-corrected chi connectivity index (χ0v) is 16.0. The maximum Gasteiger partial charge on any atom is 0.272 e. The molecule has 4 rings (SSSR count). The molecule has 0 spiro atoms. The predicted octanol–water partition coefficient (Wildman–Crippen LogP) is 3.94. The molecule has 3 aromatic rings. The van der Waals surface area contributed by atoms with E-state index in [9.17, 15) is 4.79 Å². The number of aromatic amines is 1. The summed E-state index contributed by atoms with van der Waals surface area (Å²) in [6.45, 7) is 6.91. The van der Waals surface area contributed by atoms with Crippen molar-refractivity contribution in [2.45, 2.75) is 40.0 Å². The third-order valence-corrected chi connectivity index (χ3v) is 5.48. The lowest BCUT2D eigenvalue weighted by Gasteiger charge is -2.34. The number of carbonyl (C=O) groups excluding carboxylic acids is 1. The molecule has 0 radical (unpaired) electrons. The van der Waals surface area contributed by atoms with Gasteiger partial charge in [0.25, 0.3) is 5.91 Å². The van der Waals surface area contributed by atoms with Crippen molar-refractivity contribution < 1.29 is 4.79 Å². The van der Waals surface area contributed by atoms with Gasteiger partial charge in [0.15, 0.2) is 0 Å². The highest BCUT2D eigenvalue weighted by atomic mass is 16.1. The third kappa shape index (κ3) is 3.52. The van der Waals surface area contributed by atoms with Crippen LogP contribution in [0.25, 0.3) is 11.0 Å². The fourth-order valence-electron chi connectivity index (χ4n) is 3.75. The number of carbonyl (C=O) groups is 1. The number of aryl methyl sites for hydroxylation is 1. The highest BCUT2D eigenvalue weighted by molar-refractivity contribution is 6.05. The van der Waals surface area contributed by atoms with Crippen LogP contribution in [0.15, 0.2) is 30.5 Å². The number of nitrogens with zero attached hydrogens (tertiary/aromatic N) is 2. The van der Waals surface area contributed by atoms with Crippen LogP contribution in [0.5, 0.6) is 0 Å². The Morgan fingerprint density at radius 3 is 2.81 bits per heavy atom. The second kappa shape index (κ2) is 6.37. The molecule has 6 heteroatoms. The Bertz CT molecular complexity index is 998. The Morgan fingerprint density at radius 2 is 2.11 bits per heavy atom. The first kappa shape index (κ1) is 17.5. The van der Waals surface area contributed by atoms with Crippen LogP contribution < -0.4 is 11.1 Å². The van der Waals surface area contributed by atoms with Crippen LogP contribution in [0.2, 0.25) is 0 Å². The molecule has 4 N–H and O–H groups in total. The zero-order chi connectivity index (χ0) is 19.2. The maximum atomic E-state index is 12.5. The number of nitrogens with two attached hydrogens (primary N) is 1. The third-order valence-electron chi connectivity index (χ3n) is 5.48. The molecule has 0 aromatic carbocycles. The van der Waals surface area contributed by atoms with Gasteiger partial charge in [-0.25, -0.2) is 4.98 Å². The normalized spacial score (nSPS) is 16.9. The molecule has 1 aliphatic rings. The van der Waals surface area contributed by atoms with E-state index in [-0.39, 0.29) is 5.91 Å². The van der Waals surface area contributed by atoms with Crippen molar-refractivity contribution >= 4 is 28.4 Å². The topological polar surface area (TPSA) is 96.7 Å². The Balaban J connectivity index is 1.59. The van der Waals surface area contributed by atoms with Gasteiger partial charge in [0.2, 0.25) is 0 Å². The lowest BCUT2D eigenvalue weighted by Crippen LogP contribution is -2.27. The number of pyridine rings is 2. The van der Waals surface area contributed by atoms with Crippen molar-refractivity contribution in [3.8, 4) is 0 Å². The summed E-state index contributed by atoms with van der Waals surface area (Å²) in [4.78, 5) is 24.6. The van der Waals surface area contributed by atoms with Crippen LogP contribution in [-0.2, 0) is 12.8 Å². The first-order valence-corrected chi connectivity index (χ1v) is 9.34. The smallest absolute Gasteiger partial charge is 0.272 e. The Morgan fingerprint density at radius 1 is 1.30 bits per heavy atom. The highest BCUT2D eigenvalue weighted by Crippen LogP contribution is 2.37. The summed E-state index contributed by atoms with van der Waals surface area (Å²) in [5.41, 5.74) is 11.2. The molecule has 0 saturated carbocycles. The number of nitrogens with one attached hydrogen (secondary N) is 2. The highest BCUT2D eigenvalue weighted by Gasteiger charge is 2.29. The van der Waals surface area contributed by atoms with Gasteiger partial charge in [-0.2, -0.15) is 0 Å². The molecule has 6 nitrogen and oxygen atoms in total. The van der Waals surface area contributed by atoms with Gasteiger partial charge < -0.3 is 16.0 Å². The van der Waals surface area contributed by atoms with Gasteiger partial charge in [-0.3, -0.25) is 9.78 Å². The average molecular weight is 363 g/mol. The Labute approximate surface area is 158 Å². The van der Waals surface area contributed by atoms with E-state index in [1.165, 1.54) is 5.56 Å². The van der Waals surface area contributed by atoms with Gasteiger partial charge in [0.1, 0.15) is 11.5 Å². The van der Waals surface area contributed by atoms with Gasteiger partial charge in [-0.05, 0) is 60.4 Å². The molecule has 3 heterocycles. The van der Waals surface area contributed by atoms with Crippen molar-refractivity contribution in [1.29, 1.82) is 0 Å². The molecule has 1 unspecified atom stereocenters. The summed E-state index contributed by atoms with van der Waals surface area (Å²) in [5.74, 6) is 0.854. The van der Waals surface area contributed by atoms with E-state index in [1.807, 2.05) is 6.07 Å². The quantitative estimate of drug-likeness (QED) is 0.642. The molecule has 1 aliphatic carbocycles. The van der Waals surface area contributed by atoms with E-state index in [0.717, 1.165) is 36.0 Å². The molecule has 0 fully saturated rings. The van der Waals surface area contributed by atoms with E-state index in [0.29, 0.717) is 28.5 Å². The largest absolute Gasteiger partial charge is 0.384 e. The predicted molar refractivity (Wildman–Crippen MR) is 108 cm³/mol. The molecule has 140 valence electrons. The number of aromatic nitrogens is 3. The molecular weight excluding hydrogens is 338 g/mol. The minimum absolute atomic E-state index is 0.217. The van der Waals surface area contributed by atoms with Crippen LogP contribution in [0.4, 0.5) is 11.5 Å². The number of fused-ring (bicyclic) bond motifs is 2. The number of hydrogen-bond acceptors (Lipinski definition) is 4. The number of H-pyrrole nitrogens is 1. The van der Waals surface area contributed by atoms with Crippen molar-refractivity contribution in [2.24, 2.45) is 11.3 Å². The van der Waals surface area contributed by atoms with Crippen LogP contribution >= 0.6 is 0 Å². The summed E-state index contributed by atoms with van der Waals surface area (Å²) in [7, 11) is 0. The van der Waals surface area contributed by atoms with Crippen molar-refractivity contribution in [3.63, 3.8) is 0 Å². The standard InChI is InChI=1S/C21H25N5O/c1-21(2,3)13-4-6-15-12(8-13)9-16-17(25-15)10-18(26-16)20(27)24-14-5-7-19(22)23-11-14/h5,7,9-11,13,26H,4,6,8H2,1-3H3,(H2,22,23)(H,24,27). The second-order valence-corrected chi connectivity index (χ2v) is 8.44. The fraction of sp³-hybridized carbons (Fsp3) is 0.381. The molecule has 0 saturated heterocycles. The molecule has 1 amide bonds. The van der Waals surface area contributed by atoms with Gasteiger partial charge in [-0.15, -0.1) is 0 Å². The van der Waals surface area contributed by atoms with Gasteiger partial charge in [-0.1, -0.05) is 20.8 Å². The molecule has 0 aliphatic heterocycles. The Hall–Kier alpha value is -2.89. The van der Waals surface area contributed by atoms with Gasteiger partial charge in [0, 0.05) is 5.69 Å². The number of amides is 1. The monoisotopic (exact) mass is 363 g/mol. The lowest BCUT2D eigenvalue weighted by molar-refractivity contribution is 0.102. The number of hydrogen-bond donors (Lipinski definition) is 3. The minimum atomic E-state index is -0.217. The van der Waals surface area contributed by atoms with Gasteiger partial charge >= 0.3 is 0 Å². The van der Waals surface area contributed by atoms with E-state index >= 15 is 0 Å². The molecule has 3 aromatic heterocycles. The first-order valence-electron chi connectivity index (χ1n) is 9.34. The maximum absolute atomic E-state index is 12.5. The molecule has 27 heavy (non-hydrogen) atoms. The van der Waals surface area contributed by atoms with Crippen molar-refractivity contribution in [2.75, 3.05) is 11.1 Å². The number of rotatable bonds is 2. The summed E-state index contributed by atoms with van der Waals surface area (Å²) < 4.78 is 0. The van der Waals surface area contributed by atoms with Crippen LogP contribution in [0.3, 0.4) is 0 Å². The van der Waals surface area contributed by atoms with Crippen molar-refractivity contribution in [3.05, 3.63) is 47.4 Å². The molecular formula is C21H25N5O. The SMILES string of the molecule is CC(C)(C)C1CCc2nc3cc(C(=O)Nc4ccc(N)nc4)[nH]c3cc2C1. The minimum Gasteiger partial charge on any atom is -0.384 e. The molecule has 1 atom stereocenters. The van der Waals surface area contributed by atoms with E-state index < -0.39 is 0 Å². The van der Waals surface area contributed by atoms with E-state index in [1.54, 1.807) is 18.3 Å². The van der Waals surface area contributed by atoms with Gasteiger partial charge in [0.05, 0.1) is 22.9 Å². The summed E-state index contributed by atoms with van der Waals surface area (Å²) in [5, 5.41) is 2.83. The average Bonchev–Trinajstić information content (AvgIpc) is 3.03. The summed E-state index contributed by atoms with van der Waals surface area (Å²) in [6, 6.07) is 7.36. The molecule has 0 bridgehead atoms. The first-order chi connectivity index (χ1) is 12.8. The summed E-state index contributed by atoms with van der Waals surface area (Å²) >= 11 is 0. The van der Waals surface area contributed by atoms with Crippen LogP contribution in [0, 0.1) is 11.3 Å². The second-order valence-electron chi connectivity index (χ2n) is 8.44. The van der Waals surface area contributed by atoms with Crippen LogP contribution in [-0.4, -0.2) is 20.9 Å². The number of anilines is 2. The fourth-order valence-corrected chi connectivity index (χ4v) is 3.75. The lowest BCUT2D eigenvalue weighted by atomic mass is 9.71.